The Morgan fingerprint density at radius 1 is 0.421 bits per heavy atom. The molecule has 10 aromatic rings. The van der Waals surface area contributed by atoms with Crippen LogP contribution in [-0.4, -0.2) is 4.98 Å². The van der Waals surface area contributed by atoms with E-state index in [0.717, 1.165) is 37.8 Å². The van der Waals surface area contributed by atoms with Gasteiger partial charge in [0.1, 0.15) is 5.01 Å². The van der Waals surface area contributed by atoms with Crippen LogP contribution in [0.3, 0.4) is 0 Å². The van der Waals surface area contributed by atoms with E-state index >= 15 is 0 Å². The second-order valence-electron chi connectivity index (χ2n) is 14.7. The largest absolute Gasteiger partial charge is 0.310 e. The molecule has 1 aliphatic carbocycles. The van der Waals surface area contributed by atoms with Gasteiger partial charge in [0.15, 0.2) is 0 Å². The van der Waals surface area contributed by atoms with E-state index in [-0.39, 0.29) is 0 Å². The van der Waals surface area contributed by atoms with E-state index in [1.54, 1.807) is 11.3 Å². The van der Waals surface area contributed by atoms with Gasteiger partial charge in [-0.3, -0.25) is 0 Å². The molecule has 0 amide bonds. The van der Waals surface area contributed by atoms with Crippen molar-refractivity contribution in [3.05, 3.63) is 241 Å². The van der Waals surface area contributed by atoms with Gasteiger partial charge in [-0.1, -0.05) is 182 Å². The summed E-state index contributed by atoms with van der Waals surface area (Å²) in [5.74, 6) is 0. The maximum absolute atomic E-state index is 5.26. The molecule has 2 nitrogen and oxygen atoms in total. The molecule has 11 rings (SSSR count). The van der Waals surface area contributed by atoms with Crippen molar-refractivity contribution in [2.45, 2.75) is 5.41 Å². The van der Waals surface area contributed by atoms with Crippen LogP contribution in [0, 0.1) is 0 Å². The minimum Gasteiger partial charge on any atom is -0.310 e. The highest BCUT2D eigenvalue weighted by Crippen LogP contribution is 2.57. The van der Waals surface area contributed by atoms with Gasteiger partial charge in [-0.15, -0.1) is 11.3 Å². The van der Waals surface area contributed by atoms with E-state index in [9.17, 15) is 0 Å². The van der Waals surface area contributed by atoms with Crippen LogP contribution in [0.1, 0.15) is 22.3 Å². The van der Waals surface area contributed by atoms with Crippen molar-refractivity contribution >= 4 is 49.4 Å². The Morgan fingerprint density at radius 2 is 1.00 bits per heavy atom. The van der Waals surface area contributed by atoms with E-state index in [4.69, 9.17) is 4.98 Å². The Kier molecular flexibility index (Phi) is 7.94. The fourth-order valence-electron chi connectivity index (χ4n) is 9.02. The molecule has 1 aromatic heterocycles. The van der Waals surface area contributed by atoms with Crippen LogP contribution in [0.25, 0.3) is 53.8 Å². The van der Waals surface area contributed by atoms with Crippen molar-refractivity contribution in [3.8, 4) is 32.8 Å². The Balaban J connectivity index is 1.10. The van der Waals surface area contributed by atoms with E-state index in [0.29, 0.717) is 0 Å². The summed E-state index contributed by atoms with van der Waals surface area (Å²) in [5, 5.41) is 3.41. The fraction of sp³-hybridized carbons (Fsp3) is 0.0185. The summed E-state index contributed by atoms with van der Waals surface area (Å²) in [7, 11) is 0. The molecule has 1 heterocycles. The summed E-state index contributed by atoms with van der Waals surface area (Å²) in [5.41, 5.74) is 14.9. The topological polar surface area (TPSA) is 16.1 Å². The lowest BCUT2D eigenvalue weighted by atomic mass is 9.67. The molecule has 1 aliphatic rings. The average molecular weight is 745 g/mol. The molecule has 0 fully saturated rings. The molecule has 0 saturated heterocycles. The van der Waals surface area contributed by atoms with Gasteiger partial charge in [-0.25, -0.2) is 4.98 Å². The molecule has 0 aliphatic heterocycles. The molecule has 0 atom stereocenters. The van der Waals surface area contributed by atoms with Crippen LogP contribution < -0.4 is 4.90 Å². The first-order chi connectivity index (χ1) is 28.3. The predicted octanol–water partition coefficient (Wildman–Crippen LogP) is 14.6. The Bertz CT molecular complexity index is 3020. The van der Waals surface area contributed by atoms with Gasteiger partial charge in [0, 0.05) is 22.3 Å². The summed E-state index contributed by atoms with van der Waals surface area (Å²) in [4.78, 5) is 7.69. The molecular weight excluding hydrogens is 709 g/mol. The standard InChI is InChI=1S/C54H36N2S/c1-4-15-37(16-5-1)38-27-29-40(30-28-38)53-55-50-36-44(32-34-52(50)57-53)56(51-26-14-18-39-17-10-11-23-45(39)51)43-31-33-47-46-24-12-13-25-48(46)54(49(47)35-43,41-19-6-2-7-20-41)42-21-8-3-9-22-42/h1-36H. The zero-order chi connectivity index (χ0) is 37.8. The summed E-state index contributed by atoms with van der Waals surface area (Å²) in [6.45, 7) is 0. The second-order valence-corrected chi connectivity index (χ2v) is 15.7. The Hall–Kier alpha value is -7.07. The van der Waals surface area contributed by atoms with Gasteiger partial charge < -0.3 is 4.90 Å². The lowest BCUT2D eigenvalue weighted by Gasteiger charge is -2.35. The van der Waals surface area contributed by atoms with Crippen molar-refractivity contribution in [3.63, 3.8) is 0 Å². The van der Waals surface area contributed by atoms with Crippen molar-refractivity contribution < 1.29 is 0 Å². The normalized spacial score (nSPS) is 12.7. The number of thiazole rings is 1. The van der Waals surface area contributed by atoms with Crippen molar-refractivity contribution in [2.75, 3.05) is 4.90 Å². The van der Waals surface area contributed by atoms with Crippen molar-refractivity contribution in [2.24, 2.45) is 0 Å². The van der Waals surface area contributed by atoms with Crippen LogP contribution in [0.5, 0.6) is 0 Å². The van der Waals surface area contributed by atoms with Crippen molar-refractivity contribution in [1.82, 2.24) is 4.98 Å². The zero-order valence-corrected chi connectivity index (χ0v) is 31.9. The minimum absolute atomic E-state index is 0.501. The first-order valence-corrected chi connectivity index (χ1v) is 20.3. The van der Waals surface area contributed by atoms with Crippen LogP contribution >= 0.6 is 11.3 Å². The van der Waals surface area contributed by atoms with E-state index in [1.807, 2.05) is 0 Å². The predicted molar refractivity (Wildman–Crippen MR) is 240 cm³/mol. The third-order valence-electron chi connectivity index (χ3n) is 11.6. The van der Waals surface area contributed by atoms with Gasteiger partial charge in [0.25, 0.3) is 0 Å². The van der Waals surface area contributed by atoms with Gasteiger partial charge >= 0.3 is 0 Å². The second kappa shape index (κ2) is 13.6. The number of hydrogen-bond donors (Lipinski definition) is 0. The average Bonchev–Trinajstić information content (AvgIpc) is 3.85. The summed E-state index contributed by atoms with van der Waals surface area (Å²) < 4.78 is 1.16. The van der Waals surface area contributed by atoms with E-state index < -0.39 is 5.41 Å². The molecule has 0 unspecified atom stereocenters. The Morgan fingerprint density at radius 3 is 1.77 bits per heavy atom. The van der Waals surface area contributed by atoms with Crippen LogP contribution in [0.2, 0.25) is 0 Å². The van der Waals surface area contributed by atoms with Gasteiger partial charge in [-0.05, 0) is 86.3 Å². The lowest BCUT2D eigenvalue weighted by Crippen LogP contribution is -2.28. The summed E-state index contributed by atoms with van der Waals surface area (Å²) in [6, 6.07) is 79.5. The maximum atomic E-state index is 5.26. The highest BCUT2D eigenvalue weighted by molar-refractivity contribution is 7.21. The molecule has 3 heteroatoms. The number of benzene rings is 9. The number of anilines is 3. The van der Waals surface area contributed by atoms with Gasteiger partial charge in [0.05, 0.1) is 21.3 Å². The van der Waals surface area contributed by atoms with Crippen LogP contribution in [-0.2, 0) is 5.41 Å². The van der Waals surface area contributed by atoms with E-state index in [2.05, 4.69) is 223 Å². The third kappa shape index (κ3) is 5.43. The molecule has 0 spiro atoms. The zero-order valence-electron chi connectivity index (χ0n) is 31.1. The number of hydrogen-bond acceptors (Lipinski definition) is 3. The Labute approximate surface area is 336 Å². The highest BCUT2D eigenvalue weighted by atomic mass is 32.1. The molecule has 0 radical (unpaired) electrons. The SMILES string of the molecule is c1ccc(-c2ccc(-c3nc4cc(N(c5ccc6c(c5)C(c5ccccc5)(c5ccccc5)c5ccccc5-6)c5cccc6ccccc56)ccc4s3)cc2)cc1. The number of nitrogens with zero attached hydrogens (tertiary/aromatic N) is 2. The van der Waals surface area contributed by atoms with Crippen molar-refractivity contribution in [1.29, 1.82) is 0 Å². The number of aromatic nitrogens is 1. The molecule has 57 heavy (non-hydrogen) atoms. The molecule has 0 bridgehead atoms. The molecule has 9 aromatic carbocycles. The van der Waals surface area contributed by atoms with E-state index in [1.165, 1.54) is 55.3 Å². The summed E-state index contributed by atoms with van der Waals surface area (Å²) in [6.07, 6.45) is 0. The fourth-order valence-corrected chi connectivity index (χ4v) is 9.97. The first-order valence-electron chi connectivity index (χ1n) is 19.5. The van der Waals surface area contributed by atoms with Gasteiger partial charge in [-0.2, -0.15) is 0 Å². The molecular formula is C54H36N2S. The van der Waals surface area contributed by atoms with Crippen LogP contribution in [0.15, 0.2) is 218 Å². The molecule has 268 valence electrons. The van der Waals surface area contributed by atoms with Gasteiger partial charge in [0.2, 0.25) is 0 Å². The first kappa shape index (κ1) is 33.3. The lowest BCUT2D eigenvalue weighted by molar-refractivity contribution is 0.768. The number of fused-ring (bicyclic) bond motifs is 5. The van der Waals surface area contributed by atoms with Crippen LogP contribution in [0.4, 0.5) is 17.1 Å². The molecule has 0 N–H and O–H groups in total. The summed E-state index contributed by atoms with van der Waals surface area (Å²) >= 11 is 1.74. The third-order valence-corrected chi connectivity index (χ3v) is 12.7. The maximum Gasteiger partial charge on any atom is 0.124 e. The highest BCUT2D eigenvalue weighted by Gasteiger charge is 2.46. The minimum atomic E-state index is -0.501. The molecule has 0 saturated carbocycles. The monoisotopic (exact) mass is 744 g/mol. The smallest absolute Gasteiger partial charge is 0.124 e. The number of rotatable bonds is 7. The quantitative estimate of drug-likeness (QED) is 0.162.